The average Bonchev–Trinajstić information content (AvgIpc) is 2.64. The summed E-state index contributed by atoms with van der Waals surface area (Å²) in [5.74, 6) is -0.728. The third-order valence-electron chi connectivity index (χ3n) is 3.56. The first-order valence-corrected chi connectivity index (χ1v) is 10.1. The van der Waals surface area contributed by atoms with E-state index in [9.17, 15) is 18.0 Å². The van der Waals surface area contributed by atoms with Crippen molar-refractivity contribution >= 4 is 44.8 Å². The van der Waals surface area contributed by atoms with E-state index >= 15 is 0 Å². The van der Waals surface area contributed by atoms with E-state index < -0.39 is 15.9 Å². The third kappa shape index (κ3) is 6.03. The number of halogens is 1. The summed E-state index contributed by atoms with van der Waals surface area (Å²) in [4.78, 5) is 23.6. The van der Waals surface area contributed by atoms with Gasteiger partial charge in [-0.3, -0.25) is 9.59 Å². The lowest BCUT2D eigenvalue weighted by atomic mass is 10.2. The van der Waals surface area contributed by atoms with Crippen LogP contribution in [-0.4, -0.2) is 40.5 Å². The predicted molar refractivity (Wildman–Crippen MR) is 107 cm³/mol. The molecule has 10 heteroatoms. The molecule has 2 aromatic rings. The molecule has 0 aliphatic rings. The van der Waals surface area contributed by atoms with Crippen molar-refractivity contribution < 1.29 is 22.7 Å². The van der Waals surface area contributed by atoms with E-state index in [1.807, 2.05) is 0 Å². The second-order valence-corrected chi connectivity index (χ2v) is 7.92. The van der Waals surface area contributed by atoms with Gasteiger partial charge in [0.15, 0.2) is 0 Å². The molecule has 0 radical (unpaired) electrons. The van der Waals surface area contributed by atoms with Crippen LogP contribution in [0, 0.1) is 0 Å². The Hall–Kier alpha value is -2.46. The molecule has 0 saturated heterocycles. The number of anilines is 2. The highest BCUT2D eigenvalue weighted by molar-refractivity contribution is 7.89. The molecule has 0 bridgehead atoms. The molecule has 2 rings (SSSR count). The van der Waals surface area contributed by atoms with Crippen LogP contribution >= 0.6 is 11.6 Å². The number of benzene rings is 2. The second kappa shape index (κ2) is 9.65. The molecular weight excluding hydrogens is 406 g/mol. The highest BCUT2D eigenvalue weighted by Gasteiger charge is 2.15. The lowest BCUT2D eigenvalue weighted by Gasteiger charge is -2.11. The van der Waals surface area contributed by atoms with Crippen molar-refractivity contribution in [3.63, 3.8) is 0 Å². The van der Waals surface area contributed by atoms with Crippen molar-refractivity contribution in [3.8, 4) is 0 Å². The first-order valence-electron chi connectivity index (χ1n) is 8.20. The maximum atomic E-state index is 12.4. The molecule has 0 unspecified atom stereocenters. The first-order chi connectivity index (χ1) is 13.2. The Kier molecular flexibility index (Phi) is 7.53. The zero-order chi connectivity index (χ0) is 20.7. The lowest BCUT2D eigenvalue weighted by Crippen LogP contribution is -2.27. The Morgan fingerprint density at radius 2 is 1.75 bits per heavy atom. The second-order valence-electron chi connectivity index (χ2n) is 5.74. The molecule has 3 N–H and O–H groups in total. The van der Waals surface area contributed by atoms with Crippen LogP contribution in [0.4, 0.5) is 11.4 Å². The van der Waals surface area contributed by atoms with Crippen LogP contribution in [0.2, 0.25) is 5.02 Å². The smallest absolute Gasteiger partial charge is 0.255 e. The number of carbonyl (C=O) groups excluding carboxylic acids is 2. The van der Waals surface area contributed by atoms with Gasteiger partial charge in [0.25, 0.3) is 5.91 Å². The Morgan fingerprint density at radius 3 is 2.36 bits per heavy atom. The summed E-state index contributed by atoms with van der Waals surface area (Å²) < 4.78 is 31.5. The number of nitrogens with one attached hydrogen (secondary N) is 3. The van der Waals surface area contributed by atoms with Crippen molar-refractivity contribution in [2.24, 2.45) is 0 Å². The highest BCUT2D eigenvalue weighted by atomic mass is 35.5. The summed E-state index contributed by atoms with van der Waals surface area (Å²) in [6.45, 7) is 1.76. The summed E-state index contributed by atoms with van der Waals surface area (Å²) in [6, 6.07) is 10.1. The maximum absolute atomic E-state index is 12.4. The standard InChI is InChI=1S/C18H20ClN3O5S/c1-12(23)21-14-5-8-16(19)17(11-14)22-18(24)13-3-6-15(7-4-13)28(25,26)20-9-10-27-2/h3-8,11,20H,9-10H2,1-2H3,(H,21,23)(H,22,24). The van der Waals surface area contributed by atoms with Crippen LogP contribution < -0.4 is 15.4 Å². The van der Waals surface area contributed by atoms with E-state index in [2.05, 4.69) is 15.4 Å². The fourth-order valence-electron chi connectivity index (χ4n) is 2.24. The molecule has 2 aromatic carbocycles. The number of hydrogen-bond donors (Lipinski definition) is 3. The van der Waals surface area contributed by atoms with E-state index in [4.69, 9.17) is 16.3 Å². The van der Waals surface area contributed by atoms with E-state index in [1.165, 1.54) is 44.4 Å². The summed E-state index contributed by atoms with van der Waals surface area (Å²) >= 11 is 6.08. The molecule has 0 atom stereocenters. The quantitative estimate of drug-likeness (QED) is 0.562. The number of ether oxygens (including phenoxy) is 1. The minimum atomic E-state index is -3.68. The zero-order valence-corrected chi connectivity index (χ0v) is 16.9. The van der Waals surface area contributed by atoms with Gasteiger partial charge in [-0.25, -0.2) is 13.1 Å². The molecule has 0 aliphatic carbocycles. The first kappa shape index (κ1) is 21.8. The summed E-state index contributed by atoms with van der Waals surface area (Å²) in [5.41, 5.74) is 1.04. The van der Waals surface area contributed by atoms with Gasteiger partial charge in [0.1, 0.15) is 0 Å². The van der Waals surface area contributed by atoms with Gasteiger partial charge in [-0.15, -0.1) is 0 Å². The van der Waals surface area contributed by atoms with Gasteiger partial charge in [-0.2, -0.15) is 0 Å². The molecule has 2 amide bonds. The molecule has 0 aliphatic heterocycles. The summed E-state index contributed by atoms with van der Waals surface area (Å²) in [7, 11) is -2.21. The van der Waals surface area contributed by atoms with Gasteiger partial charge in [0.05, 0.1) is 22.2 Å². The highest BCUT2D eigenvalue weighted by Crippen LogP contribution is 2.26. The van der Waals surface area contributed by atoms with E-state index in [0.29, 0.717) is 16.4 Å². The fraction of sp³-hybridized carbons (Fsp3) is 0.222. The van der Waals surface area contributed by atoms with Gasteiger partial charge < -0.3 is 15.4 Å². The molecule has 0 aromatic heterocycles. The molecular formula is C18H20ClN3O5S. The van der Waals surface area contributed by atoms with Gasteiger partial charge >= 0.3 is 0 Å². The Balaban J connectivity index is 2.12. The molecule has 0 fully saturated rings. The van der Waals surface area contributed by atoms with Gasteiger partial charge in [-0.1, -0.05) is 11.6 Å². The molecule has 150 valence electrons. The Morgan fingerprint density at radius 1 is 1.07 bits per heavy atom. The van der Waals surface area contributed by atoms with Crippen LogP contribution in [0.25, 0.3) is 0 Å². The SMILES string of the molecule is COCCNS(=O)(=O)c1ccc(C(=O)Nc2cc(NC(C)=O)ccc2Cl)cc1. The molecule has 28 heavy (non-hydrogen) atoms. The molecule has 0 heterocycles. The minimum absolute atomic E-state index is 0.0332. The van der Waals surface area contributed by atoms with E-state index in [-0.39, 0.29) is 29.5 Å². The van der Waals surface area contributed by atoms with Crippen molar-refractivity contribution in [2.75, 3.05) is 30.9 Å². The third-order valence-corrected chi connectivity index (χ3v) is 5.37. The predicted octanol–water partition coefficient (Wildman–Crippen LogP) is 2.48. The molecule has 0 spiro atoms. The van der Waals surface area contributed by atoms with Crippen LogP contribution in [-0.2, 0) is 19.6 Å². The normalized spacial score (nSPS) is 11.1. The number of amides is 2. The lowest BCUT2D eigenvalue weighted by molar-refractivity contribution is -0.114. The molecule has 0 saturated carbocycles. The van der Waals surface area contributed by atoms with Gasteiger partial charge in [0.2, 0.25) is 15.9 Å². The number of carbonyl (C=O) groups is 2. The Bertz CT molecular complexity index is 962. The largest absolute Gasteiger partial charge is 0.383 e. The van der Waals surface area contributed by atoms with Gasteiger partial charge in [0, 0.05) is 31.8 Å². The summed E-state index contributed by atoms with van der Waals surface area (Å²) in [6.07, 6.45) is 0. The average molecular weight is 426 g/mol. The number of sulfonamides is 1. The van der Waals surface area contributed by atoms with Crippen molar-refractivity contribution in [1.82, 2.24) is 4.72 Å². The topological polar surface area (TPSA) is 114 Å². The number of rotatable bonds is 8. The van der Waals surface area contributed by atoms with Crippen molar-refractivity contribution in [1.29, 1.82) is 0 Å². The molecule has 8 nitrogen and oxygen atoms in total. The number of hydrogen-bond acceptors (Lipinski definition) is 5. The van der Waals surface area contributed by atoms with Crippen LogP contribution in [0.1, 0.15) is 17.3 Å². The van der Waals surface area contributed by atoms with Crippen LogP contribution in [0.5, 0.6) is 0 Å². The van der Waals surface area contributed by atoms with E-state index in [0.717, 1.165) is 0 Å². The number of methoxy groups -OCH3 is 1. The Labute approximate surface area is 168 Å². The minimum Gasteiger partial charge on any atom is -0.383 e. The van der Waals surface area contributed by atoms with Gasteiger partial charge in [-0.05, 0) is 42.5 Å². The summed E-state index contributed by atoms with van der Waals surface area (Å²) in [5, 5.41) is 5.53. The maximum Gasteiger partial charge on any atom is 0.255 e. The van der Waals surface area contributed by atoms with Crippen molar-refractivity contribution in [2.45, 2.75) is 11.8 Å². The van der Waals surface area contributed by atoms with Crippen LogP contribution in [0.3, 0.4) is 0 Å². The van der Waals surface area contributed by atoms with Crippen molar-refractivity contribution in [3.05, 3.63) is 53.1 Å². The monoisotopic (exact) mass is 425 g/mol. The zero-order valence-electron chi connectivity index (χ0n) is 15.3. The van der Waals surface area contributed by atoms with Crippen LogP contribution in [0.15, 0.2) is 47.4 Å². The van der Waals surface area contributed by atoms with E-state index in [1.54, 1.807) is 12.1 Å². The fourth-order valence-corrected chi connectivity index (χ4v) is 3.42.